The van der Waals surface area contributed by atoms with Crippen LogP contribution in [0.25, 0.3) is 11.4 Å². The van der Waals surface area contributed by atoms with E-state index in [1.54, 1.807) is 13.2 Å². The minimum atomic E-state index is -0.522. The number of ether oxygens (including phenoxy) is 2. The van der Waals surface area contributed by atoms with Gasteiger partial charge < -0.3 is 14.0 Å². The molecule has 0 N–H and O–H groups in total. The van der Waals surface area contributed by atoms with E-state index < -0.39 is 5.97 Å². The van der Waals surface area contributed by atoms with Gasteiger partial charge in [0, 0.05) is 18.4 Å². The normalized spacial score (nSPS) is 13.0. The van der Waals surface area contributed by atoms with E-state index in [0.717, 1.165) is 16.8 Å². The van der Waals surface area contributed by atoms with Crippen molar-refractivity contribution in [2.45, 2.75) is 25.9 Å². The van der Waals surface area contributed by atoms with Crippen molar-refractivity contribution in [1.29, 1.82) is 0 Å². The number of aromatic nitrogens is 2. The first-order valence-electron chi connectivity index (χ1n) is 10.2. The van der Waals surface area contributed by atoms with Gasteiger partial charge in [-0.15, -0.1) is 0 Å². The van der Waals surface area contributed by atoms with Gasteiger partial charge in [0.15, 0.2) is 6.61 Å². The van der Waals surface area contributed by atoms with Gasteiger partial charge in [0.05, 0.1) is 25.8 Å². The van der Waals surface area contributed by atoms with Crippen molar-refractivity contribution < 1.29 is 23.6 Å². The van der Waals surface area contributed by atoms with Crippen LogP contribution >= 0.6 is 0 Å². The Morgan fingerprint density at radius 3 is 2.69 bits per heavy atom. The minimum Gasteiger partial charge on any atom is -0.497 e. The van der Waals surface area contributed by atoms with Crippen LogP contribution < -0.4 is 4.74 Å². The fourth-order valence-electron chi connectivity index (χ4n) is 3.22. The third-order valence-electron chi connectivity index (χ3n) is 4.89. The van der Waals surface area contributed by atoms with Crippen molar-refractivity contribution in [3.8, 4) is 17.1 Å². The summed E-state index contributed by atoms with van der Waals surface area (Å²) in [7, 11) is 1.57. The third kappa shape index (κ3) is 5.18. The molecule has 0 aliphatic carbocycles. The molecule has 0 saturated heterocycles. The van der Waals surface area contributed by atoms with Gasteiger partial charge in [-0.2, -0.15) is 10.1 Å². The Balaban J connectivity index is 1.24. The number of nitrogens with zero attached hydrogens (tertiary/aromatic N) is 4. The number of hydrogen-bond acceptors (Lipinski definition) is 8. The molecule has 2 aromatic carbocycles. The number of benzene rings is 2. The van der Waals surface area contributed by atoms with Gasteiger partial charge >= 0.3 is 5.97 Å². The predicted octanol–water partition coefficient (Wildman–Crippen LogP) is 3.21. The summed E-state index contributed by atoms with van der Waals surface area (Å²) in [6.45, 7) is 0.344. The Morgan fingerprint density at radius 1 is 1.06 bits per heavy atom. The van der Waals surface area contributed by atoms with Gasteiger partial charge in [-0.05, 0) is 17.7 Å². The summed E-state index contributed by atoms with van der Waals surface area (Å²) < 4.78 is 15.5. The zero-order chi connectivity index (χ0) is 22.3. The van der Waals surface area contributed by atoms with E-state index >= 15 is 0 Å². The maximum absolute atomic E-state index is 12.4. The zero-order valence-corrected chi connectivity index (χ0v) is 17.6. The second-order valence-electron chi connectivity index (χ2n) is 7.08. The van der Waals surface area contributed by atoms with E-state index in [2.05, 4.69) is 15.2 Å². The Hall–Kier alpha value is -4.01. The molecule has 9 nitrogen and oxygen atoms in total. The average molecular weight is 434 g/mol. The maximum Gasteiger partial charge on any atom is 0.306 e. The highest BCUT2D eigenvalue weighted by Gasteiger charge is 2.22. The summed E-state index contributed by atoms with van der Waals surface area (Å²) in [6, 6.07) is 16.9. The number of esters is 1. The van der Waals surface area contributed by atoms with Crippen LogP contribution in [0.15, 0.2) is 64.2 Å². The van der Waals surface area contributed by atoms with Crippen LogP contribution in [0, 0.1) is 0 Å². The molecule has 164 valence electrons. The lowest BCUT2D eigenvalue weighted by Crippen LogP contribution is -2.24. The van der Waals surface area contributed by atoms with Crippen molar-refractivity contribution >= 4 is 17.6 Å². The van der Waals surface area contributed by atoms with Crippen molar-refractivity contribution in [3.63, 3.8) is 0 Å². The molecule has 0 unspecified atom stereocenters. The molecule has 0 fully saturated rings. The third-order valence-corrected chi connectivity index (χ3v) is 4.89. The van der Waals surface area contributed by atoms with Gasteiger partial charge in [-0.3, -0.25) is 9.59 Å². The first-order valence-corrected chi connectivity index (χ1v) is 10.2. The molecule has 2 heterocycles. The van der Waals surface area contributed by atoms with Gasteiger partial charge in [0.1, 0.15) is 5.75 Å². The molecule has 0 spiro atoms. The Labute approximate surface area is 184 Å². The summed E-state index contributed by atoms with van der Waals surface area (Å²) in [5, 5.41) is 9.68. The number of amides is 1. The van der Waals surface area contributed by atoms with E-state index in [-0.39, 0.29) is 31.2 Å². The number of carbonyl (C=O) groups excluding carboxylic acids is 2. The monoisotopic (exact) mass is 434 g/mol. The van der Waals surface area contributed by atoms with Crippen LogP contribution in [0.3, 0.4) is 0 Å². The fraction of sp³-hybridized carbons (Fsp3) is 0.261. The zero-order valence-electron chi connectivity index (χ0n) is 17.6. The van der Waals surface area contributed by atoms with Crippen LogP contribution in [0.4, 0.5) is 0 Å². The van der Waals surface area contributed by atoms with E-state index in [0.29, 0.717) is 24.5 Å². The maximum atomic E-state index is 12.4. The van der Waals surface area contributed by atoms with Crippen LogP contribution in [-0.2, 0) is 20.9 Å². The molecule has 1 amide bonds. The Kier molecular flexibility index (Phi) is 6.54. The van der Waals surface area contributed by atoms with Gasteiger partial charge in [-0.1, -0.05) is 47.6 Å². The summed E-state index contributed by atoms with van der Waals surface area (Å²) in [4.78, 5) is 28.6. The predicted molar refractivity (Wildman–Crippen MR) is 115 cm³/mol. The highest BCUT2D eigenvalue weighted by atomic mass is 16.6. The number of methoxy groups -OCH3 is 1. The molecule has 3 aromatic rings. The van der Waals surface area contributed by atoms with Crippen molar-refractivity contribution in [3.05, 3.63) is 66.1 Å². The minimum absolute atomic E-state index is 0.0172. The van der Waals surface area contributed by atoms with E-state index in [1.165, 1.54) is 5.01 Å². The topological polar surface area (TPSA) is 107 Å². The van der Waals surface area contributed by atoms with Crippen LogP contribution in [0.2, 0.25) is 0 Å². The number of rotatable bonds is 8. The summed E-state index contributed by atoms with van der Waals surface area (Å²) >= 11 is 0. The standard InChI is InChI=1S/C23H22N4O5/c1-30-18-9-5-8-17(14-18)23-24-20(32-26-23)15-31-22(29)11-10-21(28)27-13-12-19(25-27)16-6-3-2-4-7-16/h2-9,14H,10-13,15H2,1H3. The summed E-state index contributed by atoms with van der Waals surface area (Å²) in [5.74, 6) is 0.463. The molecule has 1 aromatic heterocycles. The molecule has 0 bridgehead atoms. The molecule has 1 aliphatic heterocycles. The summed E-state index contributed by atoms with van der Waals surface area (Å²) in [6.07, 6.45) is 0.651. The van der Waals surface area contributed by atoms with Crippen LogP contribution in [-0.4, -0.2) is 46.4 Å². The van der Waals surface area contributed by atoms with Crippen LogP contribution in [0.5, 0.6) is 5.75 Å². The molecule has 4 rings (SSSR count). The molecule has 9 heteroatoms. The van der Waals surface area contributed by atoms with Gasteiger partial charge in [0.2, 0.25) is 11.7 Å². The lowest BCUT2D eigenvalue weighted by atomic mass is 10.1. The first-order chi connectivity index (χ1) is 15.6. The number of hydrazone groups is 1. The highest BCUT2D eigenvalue weighted by Crippen LogP contribution is 2.21. The largest absolute Gasteiger partial charge is 0.497 e. The van der Waals surface area contributed by atoms with E-state index in [4.69, 9.17) is 14.0 Å². The van der Waals surface area contributed by atoms with Gasteiger partial charge in [0.25, 0.3) is 5.89 Å². The van der Waals surface area contributed by atoms with E-state index in [1.807, 2.05) is 48.5 Å². The summed E-state index contributed by atoms with van der Waals surface area (Å²) in [5.41, 5.74) is 2.58. The lowest BCUT2D eigenvalue weighted by molar-refractivity contribution is -0.147. The fourth-order valence-corrected chi connectivity index (χ4v) is 3.22. The molecule has 0 saturated carbocycles. The molecule has 32 heavy (non-hydrogen) atoms. The molecular weight excluding hydrogens is 412 g/mol. The molecular formula is C23H22N4O5. The van der Waals surface area contributed by atoms with Crippen molar-refractivity contribution in [2.75, 3.05) is 13.7 Å². The second kappa shape index (κ2) is 9.86. The van der Waals surface area contributed by atoms with Crippen molar-refractivity contribution in [2.24, 2.45) is 5.10 Å². The number of hydrogen-bond donors (Lipinski definition) is 0. The Bertz CT molecular complexity index is 1130. The molecule has 0 radical (unpaired) electrons. The average Bonchev–Trinajstić information content (AvgIpc) is 3.52. The molecule has 0 atom stereocenters. The van der Waals surface area contributed by atoms with Crippen LogP contribution in [0.1, 0.15) is 30.7 Å². The lowest BCUT2D eigenvalue weighted by Gasteiger charge is -2.10. The number of carbonyl (C=O) groups is 2. The van der Waals surface area contributed by atoms with Gasteiger partial charge in [-0.25, -0.2) is 5.01 Å². The van der Waals surface area contributed by atoms with E-state index in [9.17, 15) is 9.59 Å². The van der Waals surface area contributed by atoms with Crippen molar-refractivity contribution in [1.82, 2.24) is 15.1 Å². The highest BCUT2D eigenvalue weighted by molar-refractivity contribution is 6.02. The second-order valence-corrected chi connectivity index (χ2v) is 7.08. The Morgan fingerprint density at radius 2 is 1.88 bits per heavy atom. The molecule has 1 aliphatic rings. The quantitative estimate of drug-likeness (QED) is 0.501. The smallest absolute Gasteiger partial charge is 0.306 e. The first kappa shape index (κ1) is 21.2. The SMILES string of the molecule is COc1cccc(-c2noc(COC(=O)CCC(=O)N3CCC(c4ccccc4)=N3)n2)c1.